The van der Waals surface area contributed by atoms with Crippen molar-refractivity contribution in [3.63, 3.8) is 0 Å². The van der Waals surface area contributed by atoms with Crippen LogP contribution in [0, 0.1) is 16.7 Å². The molecule has 3 atom stereocenters. The van der Waals surface area contributed by atoms with Crippen molar-refractivity contribution in [1.82, 2.24) is 0 Å². The molecule has 0 amide bonds. The molecular weight excluding hydrogens is 283 g/mol. The molecule has 116 valence electrons. The zero-order chi connectivity index (χ0) is 15.6. The highest BCUT2D eigenvalue weighted by atomic mass is 19.4. The van der Waals surface area contributed by atoms with Crippen LogP contribution in [-0.2, 0) is 9.53 Å². The van der Waals surface area contributed by atoms with E-state index in [9.17, 15) is 26.7 Å². The molecule has 0 aromatic heterocycles. The summed E-state index contributed by atoms with van der Waals surface area (Å²) in [6.07, 6.45) is -4.90. The minimum absolute atomic E-state index is 0.185. The number of fused-ring (bicyclic) bond motifs is 2. The van der Waals surface area contributed by atoms with Gasteiger partial charge in [-0.1, -0.05) is 20.8 Å². The van der Waals surface area contributed by atoms with Gasteiger partial charge in [-0.05, 0) is 30.6 Å². The van der Waals surface area contributed by atoms with E-state index in [1.807, 2.05) is 13.8 Å². The first-order valence-corrected chi connectivity index (χ1v) is 6.49. The van der Waals surface area contributed by atoms with Crippen molar-refractivity contribution < 1.29 is 31.5 Å². The van der Waals surface area contributed by atoms with E-state index in [1.165, 1.54) is 0 Å². The summed E-state index contributed by atoms with van der Waals surface area (Å²) < 4.78 is 66.9. The molecule has 2 rings (SSSR count). The highest BCUT2D eigenvalue weighted by molar-refractivity contribution is 5.78. The molecule has 0 spiro atoms. The van der Waals surface area contributed by atoms with Gasteiger partial charge in [0.1, 0.15) is 6.10 Å². The lowest BCUT2D eigenvalue weighted by molar-refractivity contribution is -0.284. The number of ether oxygens (including phenoxy) is 1. The molecule has 2 aliphatic carbocycles. The number of carbonyl (C=O) groups is 1. The summed E-state index contributed by atoms with van der Waals surface area (Å²) in [6, 6.07) is 0. The largest absolute Gasteiger partial charge is 0.465 e. The predicted octanol–water partition coefficient (Wildman–Crippen LogP) is 3.94. The van der Waals surface area contributed by atoms with Crippen molar-refractivity contribution in [3.8, 4) is 0 Å². The Morgan fingerprint density at radius 1 is 1.15 bits per heavy atom. The molecule has 0 N–H and O–H groups in total. The molecule has 2 nitrogen and oxygen atoms in total. The fourth-order valence-electron chi connectivity index (χ4n) is 3.63. The Morgan fingerprint density at radius 2 is 1.70 bits per heavy atom. The van der Waals surface area contributed by atoms with Gasteiger partial charge in [0, 0.05) is 5.41 Å². The fraction of sp³-hybridized carbons (Fsp3) is 0.923. The quantitative estimate of drug-likeness (QED) is 0.570. The zero-order valence-corrected chi connectivity index (χ0v) is 11.5. The van der Waals surface area contributed by atoms with Crippen LogP contribution in [0.25, 0.3) is 0 Å². The molecule has 3 unspecified atom stereocenters. The van der Waals surface area contributed by atoms with E-state index in [4.69, 9.17) is 0 Å². The molecule has 20 heavy (non-hydrogen) atoms. The molecular formula is C13H17F5O2. The zero-order valence-electron chi connectivity index (χ0n) is 11.5. The lowest BCUT2D eigenvalue weighted by Gasteiger charge is -2.38. The third-order valence-corrected chi connectivity index (χ3v) is 5.58. The van der Waals surface area contributed by atoms with E-state index < -0.39 is 29.6 Å². The van der Waals surface area contributed by atoms with Crippen LogP contribution < -0.4 is 0 Å². The van der Waals surface area contributed by atoms with E-state index in [0.717, 1.165) is 6.42 Å². The summed E-state index contributed by atoms with van der Waals surface area (Å²) in [5.74, 6) is -7.75. The molecule has 0 radical (unpaired) electrons. The average molecular weight is 300 g/mol. The number of esters is 1. The molecule has 0 aromatic rings. The second-order valence-electron chi connectivity index (χ2n) is 6.58. The molecule has 2 bridgehead atoms. The first-order chi connectivity index (χ1) is 8.84. The van der Waals surface area contributed by atoms with Crippen molar-refractivity contribution in [2.45, 2.75) is 58.2 Å². The maximum atomic E-state index is 12.9. The van der Waals surface area contributed by atoms with Crippen LogP contribution in [-0.4, -0.2) is 24.2 Å². The number of alkyl halides is 5. The minimum Gasteiger partial charge on any atom is -0.457 e. The highest BCUT2D eigenvalue weighted by Gasteiger charge is 2.68. The van der Waals surface area contributed by atoms with E-state index in [1.54, 1.807) is 6.92 Å². The highest BCUT2D eigenvalue weighted by Crippen LogP contribution is 2.66. The molecule has 0 saturated heterocycles. The number of hydrogen-bond donors (Lipinski definition) is 0. The Balaban J connectivity index is 2.16. The van der Waals surface area contributed by atoms with Gasteiger partial charge in [-0.3, -0.25) is 0 Å². The normalized spacial score (nSPS) is 36.2. The van der Waals surface area contributed by atoms with Gasteiger partial charge >= 0.3 is 18.1 Å². The van der Waals surface area contributed by atoms with Crippen molar-refractivity contribution in [2.24, 2.45) is 16.7 Å². The Kier molecular flexibility index (Phi) is 3.16. The van der Waals surface area contributed by atoms with Crippen LogP contribution in [0.2, 0.25) is 0 Å². The van der Waals surface area contributed by atoms with Crippen LogP contribution in [0.3, 0.4) is 0 Å². The van der Waals surface area contributed by atoms with Crippen LogP contribution in [0.4, 0.5) is 22.0 Å². The minimum atomic E-state index is -5.92. The van der Waals surface area contributed by atoms with Gasteiger partial charge in [0.2, 0.25) is 0 Å². The molecule has 2 aliphatic rings. The van der Waals surface area contributed by atoms with E-state index in [-0.39, 0.29) is 11.3 Å². The number of halogens is 5. The van der Waals surface area contributed by atoms with Crippen molar-refractivity contribution in [2.75, 3.05) is 0 Å². The first kappa shape index (κ1) is 15.5. The summed E-state index contributed by atoms with van der Waals surface area (Å²) in [5.41, 5.74) is -0.777. The standard InChI is InChI=1S/C13H17F5O2/c1-10(2)7-4-5-11(10,3)8(6-7)20-9(19)12(14,15)13(16,17)18/h7-8H,4-6H2,1-3H3. The van der Waals surface area contributed by atoms with Crippen LogP contribution >= 0.6 is 0 Å². The van der Waals surface area contributed by atoms with Gasteiger partial charge in [-0.2, -0.15) is 22.0 Å². The molecule has 2 fully saturated rings. The second kappa shape index (κ2) is 4.07. The van der Waals surface area contributed by atoms with Gasteiger partial charge < -0.3 is 4.74 Å². The average Bonchev–Trinajstić information content (AvgIpc) is 2.60. The van der Waals surface area contributed by atoms with E-state index in [2.05, 4.69) is 4.74 Å². The summed E-state index contributed by atoms with van der Waals surface area (Å²) in [6.45, 7) is 5.69. The number of carbonyl (C=O) groups excluding carboxylic acids is 1. The third-order valence-electron chi connectivity index (χ3n) is 5.58. The van der Waals surface area contributed by atoms with Gasteiger partial charge in [0.05, 0.1) is 0 Å². The Morgan fingerprint density at radius 3 is 2.05 bits per heavy atom. The van der Waals surface area contributed by atoms with Gasteiger partial charge in [-0.15, -0.1) is 0 Å². The maximum Gasteiger partial charge on any atom is 0.465 e. The van der Waals surface area contributed by atoms with Crippen molar-refractivity contribution in [3.05, 3.63) is 0 Å². The summed E-state index contributed by atoms with van der Waals surface area (Å²) in [7, 11) is 0. The van der Waals surface area contributed by atoms with Crippen LogP contribution in [0.1, 0.15) is 40.0 Å². The summed E-state index contributed by atoms with van der Waals surface area (Å²) in [5, 5.41) is 0. The predicted molar refractivity (Wildman–Crippen MR) is 60.1 cm³/mol. The number of hydrogen-bond acceptors (Lipinski definition) is 2. The van der Waals surface area contributed by atoms with Crippen molar-refractivity contribution >= 4 is 5.97 Å². The Bertz CT molecular complexity index is 429. The lowest BCUT2D eigenvalue weighted by Crippen LogP contribution is -2.48. The van der Waals surface area contributed by atoms with E-state index >= 15 is 0 Å². The maximum absolute atomic E-state index is 12.9. The van der Waals surface area contributed by atoms with E-state index in [0.29, 0.717) is 12.8 Å². The molecule has 2 saturated carbocycles. The monoisotopic (exact) mass is 300 g/mol. The summed E-state index contributed by atoms with van der Waals surface area (Å²) >= 11 is 0. The second-order valence-corrected chi connectivity index (χ2v) is 6.58. The Hall–Kier alpha value is -0.880. The smallest absolute Gasteiger partial charge is 0.457 e. The molecule has 0 heterocycles. The summed E-state index contributed by atoms with van der Waals surface area (Å²) in [4.78, 5) is 11.2. The van der Waals surface area contributed by atoms with Gasteiger partial charge in [0.15, 0.2) is 0 Å². The van der Waals surface area contributed by atoms with Crippen LogP contribution in [0.5, 0.6) is 0 Å². The topological polar surface area (TPSA) is 26.3 Å². The Labute approximate surface area is 113 Å². The molecule has 7 heteroatoms. The number of rotatable bonds is 2. The van der Waals surface area contributed by atoms with Gasteiger partial charge in [0.25, 0.3) is 0 Å². The van der Waals surface area contributed by atoms with Crippen LogP contribution in [0.15, 0.2) is 0 Å². The van der Waals surface area contributed by atoms with Gasteiger partial charge in [-0.25, -0.2) is 4.79 Å². The lowest BCUT2D eigenvalue weighted by atomic mass is 9.70. The van der Waals surface area contributed by atoms with Crippen molar-refractivity contribution in [1.29, 1.82) is 0 Å². The fourth-order valence-corrected chi connectivity index (χ4v) is 3.63. The molecule has 0 aliphatic heterocycles. The first-order valence-electron chi connectivity index (χ1n) is 6.49. The third kappa shape index (κ3) is 1.84. The SMILES string of the molecule is CC1(C)C2CCC1(C)C(OC(=O)C(F)(F)C(F)(F)F)C2. The molecule has 0 aromatic carbocycles.